The molecule has 1 amide bonds. The van der Waals surface area contributed by atoms with Gasteiger partial charge in [-0.25, -0.2) is 9.97 Å². The predicted octanol–water partition coefficient (Wildman–Crippen LogP) is 2.98. The smallest absolute Gasteiger partial charge is 0.316 e. The standard InChI is InChI=1S/C14H14BrN3O2S/c15-10-7-12(21-9-10)13(19)18-6-1-3-11(8-18)20-14-16-4-2-5-17-14/h2,4-5,7,9,11H,1,3,6,8H2. The van der Waals surface area contributed by atoms with E-state index in [0.29, 0.717) is 12.6 Å². The highest BCUT2D eigenvalue weighted by molar-refractivity contribution is 9.10. The van der Waals surface area contributed by atoms with E-state index in [2.05, 4.69) is 25.9 Å². The number of piperidine rings is 1. The van der Waals surface area contributed by atoms with Gasteiger partial charge in [0.05, 0.1) is 11.4 Å². The van der Waals surface area contributed by atoms with Crippen LogP contribution in [0.2, 0.25) is 0 Å². The SMILES string of the molecule is O=C(c1cc(Br)cs1)N1CCCC(Oc2ncccn2)C1. The molecule has 2 aromatic heterocycles. The van der Waals surface area contributed by atoms with Gasteiger partial charge in [-0.05, 0) is 40.9 Å². The van der Waals surface area contributed by atoms with E-state index in [1.165, 1.54) is 11.3 Å². The van der Waals surface area contributed by atoms with Crippen molar-refractivity contribution >= 4 is 33.2 Å². The van der Waals surface area contributed by atoms with Crippen LogP contribution in [0.15, 0.2) is 34.4 Å². The van der Waals surface area contributed by atoms with Crippen LogP contribution in [0.5, 0.6) is 6.01 Å². The molecule has 21 heavy (non-hydrogen) atoms. The molecular weight excluding hydrogens is 354 g/mol. The number of aromatic nitrogens is 2. The Kier molecular flexibility index (Phi) is 4.50. The summed E-state index contributed by atoms with van der Waals surface area (Å²) < 4.78 is 6.70. The maximum Gasteiger partial charge on any atom is 0.316 e. The van der Waals surface area contributed by atoms with Crippen LogP contribution in [0, 0.1) is 0 Å². The fraction of sp³-hybridized carbons (Fsp3) is 0.357. The Morgan fingerprint density at radius 2 is 2.24 bits per heavy atom. The highest BCUT2D eigenvalue weighted by Gasteiger charge is 2.26. The summed E-state index contributed by atoms with van der Waals surface area (Å²) in [7, 11) is 0. The summed E-state index contributed by atoms with van der Waals surface area (Å²) in [6, 6.07) is 3.98. The average Bonchev–Trinajstić information content (AvgIpc) is 2.94. The van der Waals surface area contributed by atoms with Crippen molar-refractivity contribution in [1.29, 1.82) is 0 Å². The maximum atomic E-state index is 12.4. The number of thiophene rings is 1. The molecule has 1 aliphatic heterocycles. The third-order valence-corrected chi connectivity index (χ3v) is 4.94. The minimum absolute atomic E-state index is 0.0477. The Labute approximate surface area is 135 Å². The van der Waals surface area contributed by atoms with Crippen LogP contribution >= 0.6 is 27.3 Å². The number of hydrogen-bond acceptors (Lipinski definition) is 5. The summed E-state index contributed by atoms with van der Waals surface area (Å²) in [5.41, 5.74) is 0. The fourth-order valence-corrected chi connectivity index (χ4v) is 3.69. The first-order valence-electron chi connectivity index (χ1n) is 6.69. The lowest BCUT2D eigenvalue weighted by atomic mass is 10.1. The molecule has 1 fully saturated rings. The van der Waals surface area contributed by atoms with E-state index >= 15 is 0 Å². The van der Waals surface area contributed by atoms with Crippen molar-refractivity contribution in [2.24, 2.45) is 0 Å². The summed E-state index contributed by atoms with van der Waals surface area (Å²) in [5.74, 6) is 0.0629. The number of amides is 1. The minimum atomic E-state index is -0.0477. The van der Waals surface area contributed by atoms with Crippen molar-refractivity contribution in [2.45, 2.75) is 18.9 Å². The molecule has 0 radical (unpaired) electrons. The van der Waals surface area contributed by atoms with E-state index in [1.54, 1.807) is 18.5 Å². The Morgan fingerprint density at radius 1 is 1.43 bits per heavy atom. The zero-order valence-corrected chi connectivity index (χ0v) is 13.6. The number of carbonyl (C=O) groups is 1. The van der Waals surface area contributed by atoms with Crippen molar-refractivity contribution in [2.75, 3.05) is 13.1 Å². The zero-order chi connectivity index (χ0) is 14.7. The summed E-state index contributed by atoms with van der Waals surface area (Å²) in [5, 5.41) is 1.92. The van der Waals surface area contributed by atoms with E-state index in [-0.39, 0.29) is 12.0 Å². The summed E-state index contributed by atoms with van der Waals surface area (Å²) in [6.07, 6.45) is 5.09. The fourth-order valence-electron chi connectivity index (χ4n) is 2.30. The van der Waals surface area contributed by atoms with Gasteiger partial charge in [-0.15, -0.1) is 11.3 Å². The molecule has 1 saturated heterocycles. The predicted molar refractivity (Wildman–Crippen MR) is 83.6 cm³/mol. The normalized spacial score (nSPS) is 18.5. The molecule has 1 atom stereocenters. The number of carbonyl (C=O) groups excluding carboxylic acids is 1. The van der Waals surface area contributed by atoms with Gasteiger partial charge in [0.15, 0.2) is 0 Å². The quantitative estimate of drug-likeness (QED) is 0.836. The molecule has 110 valence electrons. The molecule has 1 aliphatic rings. The topological polar surface area (TPSA) is 55.3 Å². The molecule has 2 aromatic rings. The third kappa shape index (κ3) is 3.59. The zero-order valence-electron chi connectivity index (χ0n) is 11.2. The lowest BCUT2D eigenvalue weighted by Gasteiger charge is -2.32. The first-order chi connectivity index (χ1) is 10.2. The lowest BCUT2D eigenvalue weighted by molar-refractivity contribution is 0.0520. The molecule has 5 nitrogen and oxygen atoms in total. The summed E-state index contributed by atoms with van der Waals surface area (Å²) in [4.78, 5) is 23.2. The van der Waals surface area contributed by atoms with Gasteiger partial charge in [0.1, 0.15) is 6.10 Å². The summed E-state index contributed by atoms with van der Waals surface area (Å²) in [6.45, 7) is 1.34. The lowest BCUT2D eigenvalue weighted by Crippen LogP contribution is -2.44. The molecule has 7 heteroatoms. The number of rotatable bonds is 3. The first kappa shape index (κ1) is 14.5. The van der Waals surface area contributed by atoms with Crippen LogP contribution in [0.4, 0.5) is 0 Å². The molecule has 1 unspecified atom stereocenters. The Bertz CT molecular complexity index is 620. The van der Waals surface area contributed by atoms with Crippen molar-refractivity contribution < 1.29 is 9.53 Å². The molecular formula is C14H14BrN3O2S. The second kappa shape index (κ2) is 6.53. The van der Waals surface area contributed by atoms with Gasteiger partial charge in [-0.2, -0.15) is 0 Å². The molecule has 0 saturated carbocycles. The van der Waals surface area contributed by atoms with E-state index in [0.717, 1.165) is 28.7 Å². The third-order valence-electron chi connectivity index (χ3n) is 3.26. The molecule has 0 N–H and O–H groups in total. The number of ether oxygens (including phenoxy) is 1. The van der Waals surface area contributed by atoms with Crippen LogP contribution in [-0.2, 0) is 0 Å². The highest BCUT2D eigenvalue weighted by atomic mass is 79.9. The van der Waals surface area contributed by atoms with Crippen molar-refractivity contribution in [1.82, 2.24) is 14.9 Å². The molecule has 0 bridgehead atoms. The van der Waals surface area contributed by atoms with Crippen molar-refractivity contribution in [3.63, 3.8) is 0 Å². The van der Waals surface area contributed by atoms with Crippen LogP contribution in [0.25, 0.3) is 0 Å². The second-order valence-electron chi connectivity index (χ2n) is 4.79. The van der Waals surface area contributed by atoms with Gasteiger partial charge in [-0.3, -0.25) is 4.79 Å². The van der Waals surface area contributed by atoms with E-state index < -0.39 is 0 Å². The highest BCUT2D eigenvalue weighted by Crippen LogP contribution is 2.23. The van der Waals surface area contributed by atoms with Crippen LogP contribution in [0.3, 0.4) is 0 Å². The largest absolute Gasteiger partial charge is 0.458 e. The molecule has 3 rings (SSSR count). The maximum absolute atomic E-state index is 12.4. The summed E-state index contributed by atoms with van der Waals surface area (Å²) >= 11 is 4.83. The Morgan fingerprint density at radius 3 is 2.95 bits per heavy atom. The minimum Gasteiger partial charge on any atom is -0.458 e. The van der Waals surface area contributed by atoms with E-state index in [9.17, 15) is 4.79 Å². The van der Waals surface area contributed by atoms with Crippen molar-refractivity contribution in [3.8, 4) is 6.01 Å². The number of likely N-dealkylation sites (tertiary alicyclic amines) is 1. The van der Waals surface area contributed by atoms with Gasteiger partial charge >= 0.3 is 6.01 Å². The number of nitrogens with zero attached hydrogens (tertiary/aromatic N) is 3. The van der Waals surface area contributed by atoms with Gasteiger partial charge in [-0.1, -0.05) is 0 Å². The van der Waals surface area contributed by atoms with Crippen LogP contribution in [-0.4, -0.2) is 40.0 Å². The van der Waals surface area contributed by atoms with Gasteiger partial charge in [0, 0.05) is 28.8 Å². The number of hydrogen-bond donors (Lipinski definition) is 0. The van der Waals surface area contributed by atoms with Gasteiger partial charge in [0.25, 0.3) is 5.91 Å². The molecule has 0 aromatic carbocycles. The first-order valence-corrected chi connectivity index (χ1v) is 8.36. The second-order valence-corrected chi connectivity index (χ2v) is 6.62. The van der Waals surface area contributed by atoms with E-state index in [4.69, 9.17) is 4.74 Å². The molecule has 0 aliphatic carbocycles. The van der Waals surface area contributed by atoms with E-state index in [1.807, 2.05) is 16.3 Å². The van der Waals surface area contributed by atoms with Crippen LogP contribution in [0.1, 0.15) is 22.5 Å². The van der Waals surface area contributed by atoms with Crippen molar-refractivity contribution in [3.05, 3.63) is 39.3 Å². The Balaban J connectivity index is 1.64. The van der Waals surface area contributed by atoms with Gasteiger partial charge < -0.3 is 9.64 Å². The molecule has 0 spiro atoms. The average molecular weight is 368 g/mol. The number of halogens is 1. The van der Waals surface area contributed by atoms with Crippen LogP contribution < -0.4 is 4.74 Å². The monoisotopic (exact) mass is 367 g/mol. The Hall–Kier alpha value is -1.47. The molecule has 3 heterocycles. The van der Waals surface area contributed by atoms with Gasteiger partial charge in [0.2, 0.25) is 0 Å².